The first kappa shape index (κ1) is 15.9. The molecule has 1 unspecified atom stereocenters. The van der Waals surface area contributed by atoms with E-state index in [4.69, 9.17) is 10.2 Å². The van der Waals surface area contributed by atoms with Gasteiger partial charge in [-0.3, -0.25) is 20.2 Å². The number of carboxylic acid groups (broad SMARTS) is 2. The fourth-order valence-electron chi connectivity index (χ4n) is 1.61. The molecule has 1 atom stereocenters. The van der Waals surface area contributed by atoms with Crippen molar-refractivity contribution >= 4 is 11.9 Å². The SMILES string of the molecule is O=C(O)c1cnc(C(=O)O)c(CC(C[N+](=O)[O-])[N+](=O)[O-])c1. The fraction of sp³-hybridized carbons (Fsp3) is 0.300. The molecule has 21 heavy (non-hydrogen) atoms. The lowest BCUT2D eigenvalue weighted by Gasteiger charge is -2.08. The quantitative estimate of drug-likeness (QED) is 0.516. The number of aromatic nitrogens is 1. The Kier molecular flexibility index (Phi) is 4.83. The molecule has 0 radical (unpaired) electrons. The number of aromatic carboxylic acids is 2. The van der Waals surface area contributed by atoms with Crippen molar-refractivity contribution in [3.8, 4) is 0 Å². The van der Waals surface area contributed by atoms with Crippen molar-refractivity contribution in [2.24, 2.45) is 0 Å². The van der Waals surface area contributed by atoms with E-state index in [0.29, 0.717) is 0 Å². The highest BCUT2D eigenvalue weighted by Gasteiger charge is 2.29. The zero-order valence-corrected chi connectivity index (χ0v) is 10.3. The molecule has 0 spiro atoms. The van der Waals surface area contributed by atoms with Crippen LogP contribution in [0.25, 0.3) is 0 Å². The van der Waals surface area contributed by atoms with E-state index in [1.165, 1.54) is 0 Å². The van der Waals surface area contributed by atoms with Gasteiger partial charge in [0.15, 0.2) is 5.69 Å². The molecule has 0 fully saturated rings. The molecule has 112 valence electrons. The Morgan fingerprint density at radius 2 is 1.86 bits per heavy atom. The number of carboxylic acids is 2. The number of carbonyl (C=O) groups is 2. The molecule has 1 aromatic rings. The summed E-state index contributed by atoms with van der Waals surface area (Å²) < 4.78 is 0. The van der Waals surface area contributed by atoms with E-state index >= 15 is 0 Å². The maximum atomic E-state index is 11.0. The second kappa shape index (κ2) is 6.36. The molecule has 0 saturated carbocycles. The Morgan fingerprint density at radius 3 is 2.29 bits per heavy atom. The lowest BCUT2D eigenvalue weighted by Crippen LogP contribution is -2.31. The van der Waals surface area contributed by atoms with Crippen LogP contribution < -0.4 is 0 Å². The Bertz CT molecular complexity index is 614. The molecule has 0 saturated heterocycles. The van der Waals surface area contributed by atoms with E-state index in [0.717, 1.165) is 12.3 Å². The number of rotatable bonds is 7. The Balaban J connectivity index is 3.21. The summed E-state index contributed by atoms with van der Waals surface area (Å²) in [5.74, 6) is -2.90. The Hall–Kier alpha value is -3.11. The van der Waals surface area contributed by atoms with Gasteiger partial charge >= 0.3 is 11.9 Å². The van der Waals surface area contributed by atoms with Crippen LogP contribution in [0.5, 0.6) is 0 Å². The predicted octanol–water partition coefficient (Wildman–Crippen LogP) is -0.0575. The van der Waals surface area contributed by atoms with E-state index in [2.05, 4.69) is 4.98 Å². The van der Waals surface area contributed by atoms with Crippen molar-refractivity contribution in [3.63, 3.8) is 0 Å². The highest BCUT2D eigenvalue weighted by Crippen LogP contribution is 2.13. The van der Waals surface area contributed by atoms with E-state index in [9.17, 15) is 29.8 Å². The average Bonchev–Trinajstić information content (AvgIpc) is 2.36. The van der Waals surface area contributed by atoms with Gasteiger partial charge in [0.2, 0.25) is 0 Å². The molecule has 11 nitrogen and oxygen atoms in total. The van der Waals surface area contributed by atoms with E-state index in [1.54, 1.807) is 0 Å². The zero-order valence-electron chi connectivity index (χ0n) is 10.3. The van der Waals surface area contributed by atoms with Crippen molar-refractivity contribution in [2.75, 3.05) is 6.54 Å². The van der Waals surface area contributed by atoms with E-state index < -0.39 is 46.5 Å². The van der Waals surface area contributed by atoms with Gasteiger partial charge in [-0.2, -0.15) is 0 Å². The van der Waals surface area contributed by atoms with E-state index in [1.807, 2.05) is 0 Å². The predicted molar refractivity (Wildman–Crippen MR) is 64.5 cm³/mol. The Labute approximate surface area is 116 Å². The van der Waals surface area contributed by atoms with E-state index in [-0.39, 0.29) is 11.1 Å². The lowest BCUT2D eigenvalue weighted by atomic mass is 10.0. The summed E-state index contributed by atoms with van der Waals surface area (Å²) in [4.78, 5) is 44.5. The van der Waals surface area contributed by atoms with Gasteiger partial charge < -0.3 is 10.2 Å². The molecule has 0 aromatic carbocycles. The van der Waals surface area contributed by atoms with Crippen molar-refractivity contribution in [1.82, 2.24) is 4.98 Å². The summed E-state index contributed by atoms with van der Waals surface area (Å²) in [7, 11) is 0. The third-order valence-electron chi connectivity index (χ3n) is 2.53. The molecule has 11 heteroatoms. The monoisotopic (exact) mass is 299 g/mol. The summed E-state index contributed by atoms with van der Waals surface area (Å²) in [5, 5.41) is 38.8. The molecule has 1 heterocycles. The summed E-state index contributed by atoms with van der Waals surface area (Å²) in [6.07, 6.45) is 0.188. The maximum absolute atomic E-state index is 11.0. The smallest absolute Gasteiger partial charge is 0.354 e. The molecule has 1 aromatic heterocycles. The molecular formula is C10H9N3O8. The maximum Gasteiger partial charge on any atom is 0.354 e. The van der Waals surface area contributed by atoms with Gasteiger partial charge in [-0.25, -0.2) is 14.6 Å². The highest BCUT2D eigenvalue weighted by atomic mass is 16.6. The minimum Gasteiger partial charge on any atom is -0.478 e. The van der Waals surface area contributed by atoms with Crippen LogP contribution in [0.4, 0.5) is 0 Å². The first-order valence-corrected chi connectivity index (χ1v) is 5.43. The molecular weight excluding hydrogens is 290 g/mol. The lowest BCUT2D eigenvalue weighted by molar-refractivity contribution is -0.587. The first-order valence-electron chi connectivity index (χ1n) is 5.43. The zero-order chi connectivity index (χ0) is 16.2. The van der Waals surface area contributed by atoms with Crippen molar-refractivity contribution < 1.29 is 29.6 Å². The first-order chi connectivity index (χ1) is 9.72. The van der Waals surface area contributed by atoms with Crippen LogP contribution >= 0.6 is 0 Å². The largest absolute Gasteiger partial charge is 0.478 e. The van der Waals surface area contributed by atoms with Gasteiger partial charge in [0.25, 0.3) is 12.6 Å². The van der Waals surface area contributed by atoms with Crippen LogP contribution in [0.2, 0.25) is 0 Å². The standard InChI is InChI=1S/C10H9N3O8/c14-9(15)6-1-5(8(10(16)17)11-3-6)2-7(13(20)21)4-12(18)19/h1,3,7H,2,4H2,(H,14,15)(H,16,17). The summed E-state index contributed by atoms with van der Waals surface area (Å²) in [6, 6.07) is -0.765. The topological polar surface area (TPSA) is 174 Å². The normalized spacial score (nSPS) is 11.6. The number of hydrogen-bond donors (Lipinski definition) is 2. The van der Waals surface area contributed by atoms with Gasteiger partial charge in [-0.15, -0.1) is 0 Å². The van der Waals surface area contributed by atoms with Crippen LogP contribution in [0.3, 0.4) is 0 Å². The third kappa shape index (κ3) is 4.19. The van der Waals surface area contributed by atoms with Crippen molar-refractivity contribution in [2.45, 2.75) is 12.5 Å². The molecule has 0 aliphatic heterocycles. The second-order valence-electron chi connectivity index (χ2n) is 4.00. The molecule has 0 amide bonds. The van der Waals surface area contributed by atoms with Gasteiger partial charge in [0, 0.05) is 22.5 Å². The number of hydrogen-bond acceptors (Lipinski definition) is 7. The van der Waals surface area contributed by atoms with Crippen LogP contribution in [0.1, 0.15) is 26.4 Å². The second-order valence-corrected chi connectivity index (χ2v) is 4.00. The van der Waals surface area contributed by atoms with Gasteiger partial charge in [0.05, 0.1) is 5.56 Å². The highest BCUT2D eigenvalue weighted by molar-refractivity contribution is 5.91. The molecule has 1 rings (SSSR count). The average molecular weight is 299 g/mol. The van der Waals surface area contributed by atoms with Gasteiger partial charge in [-0.05, 0) is 11.6 Å². The fourth-order valence-corrected chi connectivity index (χ4v) is 1.61. The number of nitrogens with zero attached hydrogens (tertiary/aromatic N) is 3. The van der Waals surface area contributed by atoms with Crippen LogP contribution in [-0.2, 0) is 6.42 Å². The number of nitro groups is 2. The molecule has 0 aliphatic carbocycles. The summed E-state index contributed by atoms with van der Waals surface area (Å²) in [5.41, 5.74) is -1.18. The van der Waals surface area contributed by atoms with Crippen LogP contribution in [-0.4, -0.2) is 49.6 Å². The van der Waals surface area contributed by atoms with Crippen LogP contribution in [0, 0.1) is 20.2 Å². The third-order valence-corrected chi connectivity index (χ3v) is 2.53. The number of pyridine rings is 1. The van der Waals surface area contributed by atoms with Crippen molar-refractivity contribution in [3.05, 3.63) is 49.3 Å². The minimum atomic E-state index is -1.68. The Morgan fingerprint density at radius 1 is 1.24 bits per heavy atom. The summed E-state index contributed by atoms with van der Waals surface area (Å²) in [6.45, 7) is -1.01. The van der Waals surface area contributed by atoms with Crippen LogP contribution in [0.15, 0.2) is 12.3 Å². The van der Waals surface area contributed by atoms with Gasteiger partial charge in [0.1, 0.15) is 0 Å². The summed E-state index contributed by atoms with van der Waals surface area (Å²) >= 11 is 0. The minimum absolute atomic E-state index is 0.244. The molecule has 0 bridgehead atoms. The molecule has 2 N–H and O–H groups in total. The molecule has 0 aliphatic rings. The van der Waals surface area contributed by atoms with Crippen molar-refractivity contribution in [1.29, 1.82) is 0 Å². The van der Waals surface area contributed by atoms with Gasteiger partial charge in [-0.1, -0.05) is 0 Å².